The van der Waals surface area contributed by atoms with Crippen LogP contribution in [0.15, 0.2) is 54.9 Å². The molecule has 106 valence electrons. The third-order valence-corrected chi connectivity index (χ3v) is 3.36. The van der Waals surface area contributed by atoms with Crippen molar-refractivity contribution in [2.45, 2.75) is 13.0 Å². The van der Waals surface area contributed by atoms with Crippen LogP contribution in [0.2, 0.25) is 5.02 Å². The van der Waals surface area contributed by atoms with Gasteiger partial charge in [-0.3, -0.25) is 4.79 Å². The molecular formula is C16H14ClN3O. The molecule has 4 nitrogen and oxygen atoms in total. The summed E-state index contributed by atoms with van der Waals surface area (Å²) in [4.78, 5) is 16.3. The van der Waals surface area contributed by atoms with Gasteiger partial charge in [0.15, 0.2) is 0 Å². The topological polar surface area (TPSA) is 46.4 Å². The maximum atomic E-state index is 11.9. The van der Waals surface area contributed by atoms with Crippen molar-refractivity contribution in [1.82, 2.24) is 14.7 Å². The lowest BCUT2D eigenvalue weighted by molar-refractivity contribution is -0.120. The number of halogens is 1. The normalized spacial score (nSPS) is 10.7. The number of nitrogens with one attached hydrogen (secondary N) is 1. The number of carbonyl (C=O) groups excluding carboxylic acids is 1. The Morgan fingerprint density at radius 1 is 1.14 bits per heavy atom. The zero-order valence-corrected chi connectivity index (χ0v) is 12.0. The molecule has 5 heteroatoms. The van der Waals surface area contributed by atoms with Gasteiger partial charge in [0.05, 0.1) is 17.1 Å². The summed E-state index contributed by atoms with van der Waals surface area (Å²) in [5.41, 5.74) is 2.58. The Morgan fingerprint density at radius 2 is 1.95 bits per heavy atom. The molecule has 3 aromatic rings. The predicted octanol–water partition coefficient (Wildman–Crippen LogP) is 2.85. The second-order valence-electron chi connectivity index (χ2n) is 4.78. The highest BCUT2D eigenvalue weighted by atomic mass is 35.5. The Balaban J connectivity index is 1.63. The highest BCUT2D eigenvalue weighted by molar-refractivity contribution is 6.30. The summed E-state index contributed by atoms with van der Waals surface area (Å²) in [5, 5.41) is 3.53. The molecule has 0 spiro atoms. The molecule has 0 saturated heterocycles. The molecule has 21 heavy (non-hydrogen) atoms. The molecule has 0 saturated carbocycles. The average molecular weight is 300 g/mol. The fraction of sp³-hybridized carbons (Fsp3) is 0.125. The molecule has 0 bridgehead atoms. The molecule has 0 atom stereocenters. The fourth-order valence-electron chi connectivity index (χ4n) is 2.13. The molecule has 1 amide bonds. The monoisotopic (exact) mass is 299 g/mol. The van der Waals surface area contributed by atoms with E-state index < -0.39 is 0 Å². The number of imidazole rings is 1. The lowest BCUT2D eigenvalue weighted by Crippen LogP contribution is -2.24. The number of hydrogen-bond acceptors (Lipinski definition) is 2. The van der Waals surface area contributed by atoms with Crippen LogP contribution in [0.3, 0.4) is 0 Å². The molecule has 0 fully saturated rings. The van der Waals surface area contributed by atoms with Crippen molar-refractivity contribution >= 4 is 23.2 Å². The predicted molar refractivity (Wildman–Crippen MR) is 82.2 cm³/mol. The Morgan fingerprint density at radius 3 is 2.76 bits per heavy atom. The molecular weight excluding hydrogens is 286 g/mol. The molecule has 3 rings (SSSR count). The lowest BCUT2D eigenvalue weighted by Gasteiger charge is -2.03. The van der Waals surface area contributed by atoms with Gasteiger partial charge in [-0.15, -0.1) is 0 Å². The minimum Gasteiger partial charge on any atom is -0.352 e. The van der Waals surface area contributed by atoms with Crippen molar-refractivity contribution in [3.05, 3.63) is 71.1 Å². The largest absolute Gasteiger partial charge is 0.352 e. The molecule has 1 aromatic carbocycles. The van der Waals surface area contributed by atoms with Gasteiger partial charge in [0.2, 0.25) is 5.91 Å². The summed E-state index contributed by atoms with van der Waals surface area (Å²) in [6.45, 7) is 0.527. The number of hydrogen-bond donors (Lipinski definition) is 1. The SMILES string of the molecule is O=C(Cc1cn2cc(Cl)ccc2n1)NCc1ccccc1. The number of fused-ring (bicyclic) bond motifs is 1. The Kier molecular flexibility index (Phi) is 3.88. The van der Waals surface area contributed by atoms with Gasteiger partial charge in [-0.05, 0) is 17.7 Å². The van der Waals surface area contributed by atoms with E-state index in [0.717, 1.165) is 16.9 Å². The van der Waals surface area contributed by atoms with Crippen LogP contribution in [0.25, 0.3) is 5.65 Å². The van der Waals surface area contributed by atoms with Gasteiger partial charge >= 0.3 is 0 Å². The molecule has 0 radical (unpaired) electrons. The van der Waals surface area contributed by atoms with E-state index in [2.05, 4.69) is 10.3 Å². The van der Waals surface area contributed by atoms with Crippen molar-refractivity contribution in [1.29, 1.82) is 0 Å². The van der Waals surface area contributed by atoms with Crippen molar-refractivity contribution < 1.29 is 4.79 Å². The van der Waals surface area contributed by atoms with Crippen LogP contribution in [0.4, 0.5) is 0 Å². The van der Waals surface area contributed by atoms with E-state index in [-0.39, 0.29) is 12.3 Å². The molecule has 0 unspecified atom stereocenters. The van der Waals surface area contributed by atoms with Crippen LogP contribution in [-0.4, -0.2) is 15.3 Å². The van der Waals surface area contributed by atoms with E-state index in [1.165, 1.54) is 0 Å². The van der Waals surface area contributed by atoms with Crippen LogP contribution in [0.5, 0.6) is 0 Å². The third-order valence-electron chi connectivity index (χ3n) is 3.14. The second-order valence-corrected chi connectivity index (χ2v) is 5.22. The van der Waals surface area contributed by atoms with Crippen LogP contribution in [0, 0.1) is 0 Å². The van der Waals surface area contributed by atoms with E-state index in [0.29, 0.717) is 11.6 Å². The first kappa shape index (κ1) is 13.6. The number of benzene rings is 1. The highest BCUT2D eigenvalue weighted by Gasteiger charge is 2.07. The van der Waals surface area contributed by atoms with Crippen molar-refractivity contribution in [2.24, 2.45) is 0 Å². The van der Waals surface area contributed by atoms with E-state index in [4.69, 9.17) is 11.6 Å². The molecule has 2 aromatic heterocycles. The van der Waals surface area contributed by atoms with Gasteiger partial charge in [0, 0.05) is 18.9 Å². The van der Waals surface area contributed by atoms with Gasteiger partial charge in [-0.1, -0.05) is 41.9 Å². The Bertz CT molecular complexity index is 768. The summed E-state index contributed by atoms with van der Waals surface area (Å²) in [7, 11) is 0. The zero-order chi connectivity index (χ0) is 14.7. The van der Waals surface area contributed by atoms with Gasteiger partial charge in [-0.2, -0.15) is 0 Å². The zero-order valence-electron chi connectivity index (χ0n) is 11.3. The second kappa shape index (κ2) is 5.97. The summed E-state index contributed by atoms with van der Waals surface area (Å²) in [6.07, 6.45) is 3.85. The van der Waals surface area contributed by atoms with Crippen LogP contribution in [0.1, 0.15) is 11.3 Å². The first-order valence-electron chi connectivity index (χ1n) is 6.64. The fourth-order valence-corrected chi connectivity index (χ4v) is 2.29. The highest BCUT2D eigenvalue weighted by Crippen LogP contribution is 2.12. The summed E-state index contributed by atoms with van der Waals surface area (Å²) in [6, 6.07) is 13.4. The summed E-state index contributed by atoms with van der Waals surface area (Å²) >= 11 is 5.92. The van der Waals surface area contributed by atoms with E-state index >= 15 is 0 Å². The van der Waals surface area contributed by atoms with Gasteiger partial charge in [-0.25, -0.2) is 4.98 Å². The van der Waals surface area contributed by atoms with Crippen molar-refractivity contribution in [2.75, 3.05) is 0 Å². The first-order valence-corrected chi connectivity index (χ1v) is 7.02. The van der Waals surface area contributed by atoms with Crippen LogP contribution >= 0.6 is 11.6 Å². The van der Waals surface area contributed by atoms with Crippen LogP contribution in [-0.2, 0) is 17.8 Å². The molecule has 0 aliphatic heterocycles. The molecule has 0 aliphatic carbocycles. The Labute approximate surface area is 127 Å². The first-order chi connectivity index (χ1) is 10.2. The van der Waals surface area contributed by atoms with Crippen LogP contribution < -0.4 is 5.32 Å². The van der Waals surface area contributed by atoms with Crippen molar-refractivity contribution in [3.63, 3.8) is 0 Å². The maximum absolute atomic E-state index is 11.9. The molecule has 0 aliphatic rings. The quantitative estimate of drug-likeness (QED) is 0.805. The number of amides is 1. The van der Waals surface area contributed by atoms with Gasteiger partial charge in [0.25, 0.3) is 0 Å². The van der Waals surface area contributed by atoms with Gasteiger partial charge in [0.1, 0.15) is 5.65 Å². The minimum atomic E-state index is -0.0478. The number of carbonyl (C=O) groups is 1. The molecule has 2 heterocycles. The summed E-state index contributed by atoms with van der Waals surface area (Å²) in [5.74, 6) is -0.0478. The summed E-state index contributed by atoms with van der Waals surface area (Å²) < 4.78 is 1.82. The number of nitrogens with zero attached hydrogens (tertiary/aromatic N) is 2. The van der Waals surface area contributed by atoms with E-state index in [9.17, 15) is 4.79 Å². The third kappa shape index (κ3) is 3.41. The number of pyridine rings is 1. The Hall–Kier alpha value is -2.33. The smallest absolute Gasteiger partial charge is 0.226 e. The van der Waals surface area contributed by atoms with E-state index in [1.54, 1.807) is 12.3 Å². The lowest BCUT2D eigenvalue weighted by atomic mass is 10.2. The number of rotatable bonds is 4. The maximum Gasteiger partial charge on any atom is 0.226 e. The number of aromatic nitrogens is 2. The molecule has 1 N–H and O–H groups in total. The van der Waals surface area contributed by atoms with E-state index in [1.807, 2.05) is 47.0 Å². The van der Waals surface area contributed by atoms with Gasteiger partial charge < -0.3 is 9.72 Å². The minimum absolute atomic E-state index is 0.0478. The average Bonchev–Trinajstić information content (AvgIpc) is 2.87. The van der Waals surface area contributed by atoms with Crippen molar-refractivity contribution in [3.8, 4) is 0 Å². The standard InChI is InChI=1S/C16H14ClN3O/c17-13-6-7-15-19-14(11-20(15)10-13)8-16(21)18-9-12-4-2-1-3-5-12/h1-7,10-11H,8-9H2,(H,18,21).